The highest BCUT2D eigenvalue weighted by Crippen LogP contribution is 2.19. The first-order valence-corrected chi connectivity index (χ1v) is 5.08. The first-order chi connectivity index (χ1) is 7.36. The van der Waals surface area contributed by atoms with Crippen LogP contribution in [-0.2, 0) is 0 Å². The Bertz CT molecular complexity index is 448. The Morgan fingerprint density at radius 3 is 2.40 bits per heavy atom. The molecule has 0 aliphatic heterocycles. The summed E-state index contributed by atoms with van der Waals surface area (Å²) in [5.74, 6) is 0. The number of pyridine rings is 1. The quantitative estimate of drug-likeness (QED) is 0.742. The van der Waals surface area contributed by atoms with Gasteiger partial charge in [-0.05, 0) is 23.8 Å². The van der Waals surface area contributed by atoms with E-state index in [1.165, 1.54) is 0 Å². The molecule has 0 aliphatic rings. The van der Waals surface area contributed by atoms with Gasteiger partial charge in [0.25, 0.3) is 0 Å². The maximum Gasteiger partial charge on any atom is 0.0816 e. The van der Waals surface area contributed by atoms with Crippen LogP contribution in [0.3, 0.4) is 0 Å². The average molecular weight is 216 g/mol. The maximum atomic E-state index is 6.14. The van der Waals surface area contributed by atoms with Gasteiger partial charge in [-0.3, -0.25) is 4.98 Å². The molecule has 1 nitrogen and oxygen atoms in total. The zero-order chi connectivity index (χ0) is 10.5. The van der Waals surface area contributed by atoms with Crippen LogP contribution >= 0.6 is 11.6 Å². The third-order valence-corrected chi connectivity index (χ3v) is 2.31. The van der Waals surface area contributed by atoms with Crippen LogP contribution in [0.15, 0.2) is 54.7 Å². The molecule has 0 fully saturated rings. The van der Waals surface area contributed by atoms with E-state index in [0.29, 0.717) is 5.03 Å². The number of hydrogen-bond donors (Lipinski definition) is 0. The second kappa shape index (κ2) is 4.76. The predicted molar refractivity (Wildman–Crippen MR) is 64.4 cm³/mol. The van der Waals surface area contributed by atoms with Crippen molar-refractivity contribution in [2.75, 3.05) is 0 Å². The van der Waals surface area contributed by atoms with Gasteiger partial charge >= 0.3 is 0 Å². The van der Waals surface area contributed by atoms with Gasteiger partial charge < -0.3 is 0 Å². The Morgan fingerprint density at radius 1 is 1.00 bits per heavy atom. The lowest BCUT2D eigenvalue weighted by Crippen LogP contribution is -1.81. The third-order valence-electron chi connectivity index (χ3n) is 2.00. The van der Waals surface area contributed by atoms with E-state index in [0.717, 1.165) is 11.3 Å². The summed E-state index contributed by atoms with van der Waals surface area (Å²) in [5, 5.41) is 0.654. The molecule has 1 aromatic carbocycles. The smallest absolute Gasteiger partial charge is 0.0816 e. The molecule has 0 spiro atoms. The molecule has 2 aromatic rings. The zero-order valence-electron chi connectivity index (χ0n) is 8.10. The molecule has 1 heterocycles. The summed E-state index contributed by atoms with van der Waals surface area (Å²) in [5.41, 5.74) is 1.87. The molecule has 2 rings (SSSR count). The number of halogens is 1. The van der Waals surface area contributed by atoms with Crippen LogP contribution in [-0.4, -0.2) is 4.98 Å². The van der Waals surface area contributed by atoms with Crippen molar-refractivity contribution in [2.24, 2.45) is 0 Å². The fourth-order valence-electron chi connectivity index (χ4n) is 1.27. The monoisotopic (exact) mass is 215 g/mol. The molecule has 0 N–H and O–H groups in total. The molecule has 0 saturated carbocycles. The average Bonchev–Trinajstić information content (AvgIpc) is 2.31. The highest BCUT2D eigenvalue weighted by molar-refractivity contribution is 6.51. The number of benzene rings is 1. The van der Waals surface area contributed by atoms with E-state index in [4.69, 9.17) is 11.6 Å². The summed E-state index contributed by atoms with van der Waals surface area (Å²) in [6.07, 6.45) is 3.64. The second-order valence-electron chi connectivity index (χ2n) is 3.12. The topological polar surface area (TPSA) is 12.9 Å². The Labute approximate surface area is 94.1 Å². The van der Waals surface area contributed by atoms with Crippen molar-refractivity contribution in [3.8, 4) is 0 Å². The lowest BCUT2D eigenvalue weighted by atomic mass is 10.2. The molecule has 0 amide bonds. The van der Waals surface area contributed by atoms with E-state index in [9.17, 15) is 0 Å². The van der Waals surface area contributed by atoms with Crippen LogP contribution in [0.25, 0.3) is 11.1 Å². The fraction of sp³-hybridized carbons (Fsp3) is 0. The van der Waals surface area contributed by atoms with Gasteiger partial charge in [0.05, 0.1) is 10.7 Å². The first-order valence-electron chi connectivity index (χ1n) is 4.70. The van der Waals surface area contributed by atoms with Gasteiger partial charge in [0.2, 0.25) is 0 Å². The van der Waals surface area contributed by atoms with Gasteiger partial charge in [-0.15, -0.1) is 0 Å². The van der Waals surface area contributed by atoms with E-state index < -0.39 is 0 Å². The van der Waals surface area contributed by atoms with Gasteiger partial charge in [0, 0.05) is 6.20 Å². The van der Waals surface area contributed by atoms with Crippen molar-refractivity contribution >= 4 is 22.7 Å². The van der Waals surface area contributed by atoms with E-state index in [2.05, 4.69) is 4.98 Å². The third kappa shape index (κ3) is 2.67. The Balaban J connectivity index is 2.29. The normalized spacial score (nSPS) is 11.4. The SMILES string of the molecule is ClC(=Cc1ccccc1)c1ccccn1. The minimum Gasteiger partial charge on any atom is -0.255 e. The standard InChI is InChI=1S/C13H10ClN/c14-12(13-8-4-5-9-15-13)10-11-6-2-1-3-7-11/h1-10H. The summed E-state index contributed by atoms with van der Waals surface area (Å²) in [7, 11) is 0. The lowest BCUT2D eigenvalue weighted by Gasteiger charge is -1.97. The van der Waals surface area contributed by atoms with Crippen LogP contribution in [0.4, 0.5) is 0 Å². The molecule has 15 heavy (non-hydrogen) atoms. The summed E-state index contributed by atoms with van der Waals surface area (Å²) < 4.78 is 0. The minimum atomic E-state index is 0.654. The van der Waals surface area contributed by atoms with Crippen molar-refractivity contribution in [1.29, 1.82) is 0 Å². The zero-order valence-corrected chi connectivity index (χ0v) is 8.85. The highest BCUT2D eigenvalue weighted by Gasteiger charge is 1.97. The summed E-state index contributed by atoms with van der Waals surface area (Å²) in [4.78, 5) is 4.17. The molecule has 0 bridgehead atoms. The summed E-state index contributed by atoms with van der Waals surface area (Å²) >= 11 is 6.14. The molecule has 74 valence electrons. The minimum absolute atomic E-state index is 0.654. The Hall–Kier alpha value is -1.60. The molecule has 1 aromatic heterocycles. The molecule has 0 radical (unpaired) electrons. The van der Waals surface area contributed by atoms with Crippen molar-refractivity contribution in [3.05, 3.63) is 66.0 Å². The van der Waals surface area contributed by atoms with Crippen molar-refractivity contribution < 1.29 is 0 Å². The molecular weight excluding hydrogens is 206 g/mol. The van der Waals surface area contributed by atoms with Gasteiger partial charge in [-0.1, -0.05) is 48.0 Å². The van der Waals surface area contributed by atoms with Gasteiger partial charge in [0.1, 0.15) is 0 Å². The Kier molecular flexibility index (Phi) is 3.15. The van der Waals surface area contributed by atoms with E-state index in [1.807, 2.05) is 54.6 Å². The van der Waals surface area contributed by atoms with Crippen LogP contribution in [0, 0.1) is 0 Å². The van der Waals surface area contributed by atoms with Crippen LogP contribution < -0.4 is 0 Å². The number of aromatic nitrogens is 1. The van der Waals surface area contributed by atoms with Gasteiger partial charge in [0.15, 0.2) is 0 Å². The number of nitrogens with zero attached hydrogens (tertiary/aromatic N) is 1. The molecule has 0 unspecified atom stereocenters. The van der Waals surface area contributed by atoms with E-state index in [-0.39, 0.29) is 0 Å². The number of rotatable bonds is 2. The van der Waals surface area contributed by atoms with Crippen LogP contribution in [0.1, 0.15) is 11.3 Å². The van der Waals surface area contributed by atoms with Crippen molar-refractivity contribution in [3.63, 3.8) is 0 Å². The van der Waals surface area contributed by atoms with Crippen LogP contribution in [0.2, 0.25) is 0 Å². The van der Waals surface area contributed by atoms with E-state index >= 15 is 0 Å². The van der Waals surface area contributed by atoms with E-state index in [1.54, 1.807) is 6.20 Å². The maximum absolute atomic E-state index is 6.14. The predicted octanol–water partition coefficient (Wildman–Crippen LogP) is 3.82. The van der Waals surface area contributed by atoms with Gasteiger partial charge in [-0.2, -0.15) is 0 Å². The molecule has 0 aliphatic carbocycles. The van der Waals surface area contributed by atoms with Crippen molar-refractivity contribution in [2.45, 2.75) is 0 Å². The molecule has 0 saturated heterocycles. The lowest BCUT2D eigenvalue weighted by molar-refractivity contribution is 1.29. The molecular formula is C13H10ClN. The summed E-state index contributed by atoms with van der Waals surface area (Å²) in [6, 6.07) is 15.6. The molecule has 2 heteroatoms. The summed E-state index contributed by atoms with van der Waals surface area (Å²) in [6.45, 7) is 0. The Morgan fingerprint density at radius 2 is 1.73 bits per heavy atom. The first kappa shape index (κ1) is 9.94. The van der Waals surface area contributed by atoms with Gasteiger partial charge in [-0.25, -0.2) is 0 Å². The largest absolute Gasteiger partial charge is 0.255 e. The van der Waals surface area contributed by atoms with Crippen LogP contribution in [0.5, 0.6) is 0 Å². The molecule has 0 atom stereocenters. The number of hydrogen-bond acceptors (Lipinski definition) is 1. The highest BCUT2D eigenvalue weighted by atomic mass is 35.5. The second-order valence-corrected chi connectivity index (χ2v) is 3.53. The van der Waals surface area contributed by atoms with Crippen molar-refractivity contribution in [1.82, 2.24) is 4.98 Å². The fourth-order valence-corrected chi connectivity index (χ4v) is 1.51.